The van der Waals surface area contributed by atoms with Gasteiger partial charge in [0.15, 0.2) is 0 Å². The zero-order chi connectivity index (χ0) is 15.4. The predicted octanol–water partition coefficient (Wildman–Crippen LogP) is 4.01. The van der Waals surface area contributed by atoms with Gasteiger partial charge in [0.1, 0.15) is 0 Å². The van der Waals surface area contributed by atoms with Crippen LogP contribution in [-0.4, -0.2) is 11.6 Å². The van der Waals surface area contributed by atoms with Crippen molar-refractivity contribution < 1.29 is 4.79 Å². The Labute approximate surface area is 126 Å². The lowest BCUT2D eigenvalue weighted by Crippen LogP contribution is -2.23. The topological polar surface area (TPSA) is 41.5 Å². The summed E-state index contributed by atoms with van der Waals surface area (Å²) in [5.74, 6) is 0.247. The molecule has 0 aromatic heterocycles. The fourth-order valence-electron chi connectivity index (χ4n) is 2.31. The monoisotopic (exact) mass is 282 g/mol. The Bertz CT molecular complexity index is 609. The van der Waals surface area contributed by atoms with Crippen molar-refractivity contribution in [1.82, 2.24) is 5.43 Å². The van der Waals surface area contributed by atoms with E-state index in [9.17, 15) is 4.79 Å². The fraction of sp³-hybridized carbons (Fsp3) is 0.333. The largest absolute Gasteiger partial charge is 0.271 e. The van der Waals surface area contributed by atoms with E-state index in [1.165, 1.54) is 0 Å². The Balaban J connectivity index is 2.07. The molecule has 1 aromatic carbocycles. The summed E-state index contributed by atoms with van der Waals surface area (Å²) in [6.45, 7) is 10.1. The summed E-state index contributed by atoms with van der Waals surface area (Å²) < 4.78 is 0. The van der Waals surface area contributed by atoms with Crippen LogP contribution < -0.4 is 5.43 Å². The second-order valence-electron chi connectivity index (χ2n) is 5.74. The Hall–Kier alpha value is -2.16. The zero-order valence-corrected chi connectivity index (χ0v) is 12.9. The van der Waals surface area contributed by atoms with Crippen molar-refractivity contribution in [1.29, 1.82) is 0 Å². The average Bonchev–Trinajstić information content (AvgIpc) is 2.46. The van der Waals surface area contributed by atoms with E-state index >= 15 is 0 Å². The first-order valence-corrected chi connectivity index (χ1v) is 7.23. The van der Waals surface area contributed by atoms with E-state index in [4.69, 9.17) is 0 Å². The SMILES string of the molecule is C=C(C)[C@H]1CC=C(C)C(=NNC(=O)c2ccc(C)cc2)C1. The molecule has 1 N–H and O–H groups in total. The molecule has 0 aliphatic heterocycles. The standard InChI is InChI=1S/C18H22N2O/c1-12(2)16-10-7-14(4)17(11-16)19-20-18(21)15-8-5-13(3)6-9-15/h5-9,16H,1,10-11H2,2-4H3,(H,20,21)/t16-/m0/s1. The van der Waals surface area contributed by atoms with Crippen LogP contribution in [0.5, 0.6) is 0 Å². The third kappa shape index (κ3) is 3.91. The van der Waals surface area contributed by atoms with Crippen LogP contribution in [0.1, 0.15) is 42.6 Å². The van der Waals surface area contributed by atoms with Crippen molar-refractivity contribution in [3.05, 3.63) is 59.2 Å². The number of nitrogens with zero attached hydrogens (tertiary/aromatic N) is 1. The van der Waals surface area contributed by atoms with Crippen LogP contribution in [0.2, 0.25) is 0 Å². The summed E-state index contributed by atoms with van der Waals surface area (Å²) in [6.07, 6.45) is 4.01. The van der Waals surface area contributed by atoms with Gasteiger partial charge in [0.25, 0.3) is 5.91 Å². The van der Waals surface area contributed by atoms with Crippen molar-refractivity contribution in [2.45, 2.75) is 33.6 Å². The number of amides is 1. The van der Waals surface area contributed by atoms with Crippen LogP contribution in [0.3, 0.4) is 0 Å². The fourth-order valence-corrected chi connectivity index (χ4v) is 2.31. The van der Waals surface area contributed by atoms with Crippen LogP contribution in [0, 0.1) is 12.8 Å². The molecule has 21 heavy (non-hydrogen) atoms. The molecule has 0 fully saturated rings. The minimum absolute atomic E-state index is 0.173. The van der Waals surface area contributed by atoms with Gasteiger partial charge in [-0.05, 0) is 57.2 Å². The second-order valence-corrected chi connectivity index (χ2v) is 5.74. The maximum absolute atomic E-state index is 12.1. The van der Waals surface area contributed by atoms with Gasteiger partial charge >= 0.3 is 0 Å². The lowest BCUT2D eigenvalue weighted by atomic mass is 9.85. The van der Waals surface area contributed by atoms with Gasteiger partial charge in [0.2, 0.25) is 0 Å². The van der Waals surface area contributed by atoms with Crippen molar-refractivity contribution in [2.24, 2.45) is 11.0 Å². The van der Waals surface area contributed by atoms with Crippen LogP contribution in [-0.2, 0) is 0 Å². The molecule has 3 nitrogen and oxygen atoms in total. The molecule has 0 bridgehead atoms. The summed E-state index contributed by atoms with van der Waals surface area (Å²) in [7, 11) is 0. The molecule has 110 valence electrons. The number of nitrogens with one attached hydrogen (secondary N) is 1. The van der Waals surface area contributed by atoms with E-state index in [1.807, 2.05) is 45.0 Å². The molecular formula is C18H22N2O. The van der Waals surface area contributed by atoms with Crippen molar-refractivity contribution in [3.8, 4) is 0 Å². The van der Waals surface area contributed by atoms with Crippen molar-refractivity contribution >= 4 is 11.6 Å². The lowest BCUT2D eigenvalue weighted by Gasteiger charge is -2.22. The minimum Gasteiger partial charge on any atom is -0.267 e. The van der Waals surface area contributed by atoms with E-state index in [1.54, 1.807) is 0 Å². The van der Waals surface area contributed by atoms with Crippen LogP contribution in [0.15, 0.2) is 53.2 Å². The molecule has 1 aromatic rings. The third-order valence-corrected chi connectivity index (χ3v) is 3.91. The normalized spacial score (nSPS) is 20.0. The quantitative estimate of drug-likeness (QED) is 0.660. The number of aryl methyl sites for hydroxylation is 1. The van der Waals surface area contributed by atoms with Gasteiger partial charge in [-0.2, -0.15) is 5.10 Å². The highest BCUT2D eigenvalue weighted by Gasteiger charge is 2.18. The molecule has 2 rings (SSSR count). The molecule has 0 heterocycles. The zero-order valence-electron chi connectivity index (χ0n) is 12.9. The molecule has 1 amide bonds. The summed E-state index contributed by atoms with van der Waals surface area (Å²) in [6, 6.07) is 7.46. The van der Waals surface area contributed by atoms with Gasteiger partial charge in [-0.1, -0.05) is 35.9 Å². The number of carbonyl (C=O) groups is 1. The highest BCUT2D eigenvalue weighted by molar-refractivity contribution is 6.02. The first kappa shape index (κ1) is 15.2. The molecule has 1 atom stereocenters. The number of hydrogen-bond acceptors (Lipinski definition) is 2. The lowest BCUT2D eigenvalue weighted by molar-refractivity contribution is 0.0954. The van der Waals surface area contributed by atoms with Crippen molar-refractivity contribution in [2.75, 3.05) is 0 Å². The maximum Gasteiger partial charge on any atom is 0.271 e. The van der Waals surface area contributed by atoms with Crippen LogP contribution in [0.4, 0.5) is 0 Å². The summed E-state index contributed by atoms with van der Waals surface area (Å²) >= 11 is 0. The van der Waals surface area contributed by atoms with Gasteiger partial charge in [-0.3, -0.25) is 4.79 Å². The number of benzene rings is 1. The van der Waals surface area contributed by atoms with Gasteiger partial charge in [-0.15, -0.1) is 0 Å². The number of hydrogen-bond donors (Lipinski definition) is 1. The third-order valence-electron chi connectivity index (χ3n) is 3.91. The van der Waals surface area contributed by atoms with E-state index in [2.05, 4.69) is 23.2 Å². The average molecular weight is 282 g/mol. The predicted molar refractivity (Wildman–Crippen MR) is 87.4 cm³/mol. The molecule has 0 spiro atoms. The van der Waals surface area contributed by atoms with E-state index < -0.39 is 0 Å². The van der Waals surface area contributed by atoms with Gasteiger partial charge < -0.3 is 0 Å². The Kier molecular flexibility index (Phi) is 4.73. The first-order chi connectivity index (χ1) is 9.97. The molecule has 3 heteroatoms. The van der Waals surface area contributed by atoms with E-state index in [0.29, 0.717) is 11.5 Å². The molecule has 0 radical (unpaired) electrons. The van der Waals surface area contributed by atoms with E-state index in [0.717, 1.165) is 35.3 Å². The molecule has 0 saturated heterocycles. The van der Waals surface area contributed by atoms with Crippen LogP contribution in [0.25, 0.3) is 0 Å². The number of allylic oxidation sites excluding steroid dienone is 3. The summed E-state index contributed by atoms with van der Waals surface area (Å²) in [5.41, 5.74) is 7.65. The second kappa shape index (κ2) is 6.53. The highest BCUT2D eigenvalue weighted by atomic mass is 16.2. The van der Waals surface area contributed by atoms with Gasteiger partial charge in [0.05, 0.1) is 5.71 Å². The van der Waals surface area contributed by atoms with Gasteiger partial charge in [-0.25, -0.2) is 5.43 Å². The Morgan fingerprint density at radius 3 is 2.57 bits per heavy atom. The Morgan fingerprint density at radius 2 is 1.95 bits per heavy atom. The number of carbonyl (C=O) groups excluding carboxylic acids is 1. The molecular weight excluding hydrogens is 260 g/mol. The maximum atomic E-state index is 12.1. The minimum atomic E-state index is -0.173. The smallest absolute Gasteiger partial charge is 0.267 e. The molecule has 0 unspecified atom stereocenters. The number of hydrazone groups is 1. The number of rotatable bonds is 3. The van der Waals surface area contributed by atoms with Gasteiger partial charge in [0, 0.05) is 5.56 Å². The molecule has 1 aliphatic rings. The molecule has 0 saturated carbocycles. The molecule has 1 aliphatic carbocycles. The Morgan fingerprint density at radius 1 is 1.29 bits per heavy atom. The summed E-state index contributed by atoms with van der Waals surface area (Å²) in [5, 5.41) is 4.30. The van der Waals surface area contributed by atoms with E-state index in [-0.39, 0.29) is 5.91 Å². The highest BCUT2D eigenvalue weighted by Crippen LogP contribution is 2.26. The first-order valence-electron chi connectivity index (χ1n) is 7.23. The summed E-state index contributed by atoms with van der Waals surface area (Å²) in [4.78, 5) is 12.1. The van der Waals surface area contributed by atoms with Crippen molar-refractivity contribution in [3.63, 3.8) is 0 Å². The van der Waals surface area contributed by atoms with Crippen LogP contribution >= 0.6 is 0 Å².